The van der Waals surface area contributed by atoms with Crippen LogP contribution in [0.4, 0.5) is 5.69 Å². The van der Waals surface area contributed by atoms with E-state index in [0.717, 1.165) is 29.4 Å². The Morgan fingerprint density at radius 3 is 2.86 bits per heavy atom. The molecule has 1 N–H and O–H groups in total. The van der Waals surface area contributed by atoms with E-state index in [2.05, 4.69) is 35.3 Å². The molecule has 0 bridgehead atoms. The Bertz CT molecular complexity index is 647. The van der Waals surface area contributed by atoms with Gasteiger partial charge in [-0.25, -0.2) is 0 Å². The second kappa shape index (κ2) is 6.93. The van der Waals surface area contributed by atoms with E-state index in [1.54, 1.807) is 0 Å². The zero-order valence-corrected chi connectivity index (χ0v) is 13.2. The fourth-order valence-corrected chi connectivity index (χ4v) is 3.44. The molecule has 0 aliphatic carbocycles. The van der Waals surface area contributed by atoms with Crippen LogP contribution in [-0.2, 0) is 4.79 Å². The number of likely N-dealkylation sites (tertiary alicyclic amines) is 1. The zero-order valence-electron chi connectivity index (χ0n) is 13.2. The average molecular weight is 296 g/mol. The van der Waals surface area contributed by atoms with E-state index in [1.165, 1.54) is 19.3 Å². The number of anilines is 1. The van der Waals surface area contributed by atoms with Crippen molar-refractivity contribution in [1.29, 1.82) is 0 Å². The molecule has 2 aromatic rings. The van der Waals surface area contributed by atoms with Gasteiger partial charge < -0.3 is 5.32 Å². The Balaban J connectivity index is 1.70. The first-order valence-electron chi connectivity index (χ1n) is 8.29. The molecule has 0 spiro atoms. The Hall–Kier alpha value is -1.87. The number of amides is 1. The van der Waals surface area contributed by atoms with Crippen molar-refractivity contribution < 1.29 is 4.79 Å². The Morgan fingerprint density at radius 1 is 1.18 bits per heavy atom. The molecule has 2 aromatic carbocycles. The highest BCUT2D eigenvalue weighted by molar-refractivity contribution is 6.02. The molecule has 1 saturated heterocycles. The molecule has 1 fully saturated rings. The molecule has 22 heavy (non-hydrogen) atoms. The normalized spacial score (nSPS) is 19.2. The standard InChI is InChI=1S/C19H24N2O/c1-2-16-10-5-6-13-21(16)14-19(22)20-18-12-7-9-15-8-3-4-11-17(15)18/h3-4,7-9,11-12,16H,2,5-6,10,13-14H2,1H3,(H,20,22). The molecule has 3 rings (SSSR count). The molecule has 1 aliphatic rings. The third kappa shape index (κ3) is 3.30. The van der Waals surface area contributed by atoms with E-state index >= 15 is 0 Å². The molecule has 116 valence electrons. The van der Waals surface area contributed by atoms with Crippen LogP contribution in [0.5, 0.6) is 0 Å². The number of carbonyl (C=O) groups excluding carboxylic acids is 1. The van der Waals surface area contributed by atoms with Crippen molar-refractivity contribution in [1.82, 2.24) is 4.90 Å². The molecular weight excluding hydrogens is 272 g/mol. The van der Waals surface area contributed by atoms with Crippen molar-refractivity contribution in [3.05, 3.63) is 42.5 Å². The van der Waals surface area contributed by atoms with Crippen LogP contribution in [0, 0.1) is 0 Å². The fraction of sp³-hybridized carbons (Fsp3) is 0.421. The Labute approximate surface area is 132 Å². The minimum absolute atomic E-state index is 0.0942. The van der Waals surface area contributed by atoms with Gasteiger partial charge in [0.25, 0.3) is 0 Å². The first kappa shape index (κ1) is 15.0. The van der Waals surface area contributed by atoms with Crippen molar-refractivity contribution in [3.63, 3.8) is 0 Å². The number of rotatable bonds is 4. The van der Waals surface area contributed by atoms with Gasteiger partial charge >= 0.3 is 0 Å². The van der Waals surface area contributed by atoms with Crippen molar-refractivity contribution >= 4 is 22.4 Å². The van der Waals surface area contributed by atoms with Gasteiger partial charge in [-0.2, -0.15) is 0 Å². The molecule has 1 amide bonds. The van der Waals surface area contributed by atoms with Crippen LogP contribution in [0.25, 0.3) is 10.8 Å². The molecule has 1 heterocycles. The number of benzene rings is 2. The topological polar surface area (TPSA) is 32.3 Å². The van der Waals surface area contributed by atoms with Crippen LogP contribution in [0.2, 0.25) is 0 Å². The van der Waals surface area contributed by atoms with Gasteiger partial charge in [-0.05, 0) is 37.3 Å². The van der Waals surface area contributed by atoms with Gasteiger partial charge in [0, 0.05) is 17.1 Å². The summed E-state index contributed by atoms with van der Waals surface area (Å²) in [5.74, 6) is 0.0942. The zero-order chi connectivity index (χ0) is 15.4. The van der Waals surface area contributed by atoms with Crippen LogP contribution in [-0.4, -0.2) is 29.9 Å². The van der Waals surface area contributed by atoms with Gasteiger partial charge in [-0.1, -0.05) is 49.7 Å². The fourth-order valence-electron chi connectivity index (χ4n) is 3.44. The lowest BCUT2D eigenvalue weighted by molar-refractivity contribution is -0.118. The van der Waals surface area contributed by atoms with Crippen molar-refractivity contribution in [2.75, 3.05) is 18.4 Å². The van der Waals surface area contributed by atoms with Crippen LogP contribution < -0.4 is 5.32 Å². The maximum atomic E-state index is 12.4. The third-order valence-corrected chi connectivity index (χ3v) is 4.63. The summed E-state index contributed by atoms with van der Waals surface area (Å²) in [6.45, 7) is 3.76. The molecule has 0 aromatic heterocycles. The number of nitrogens with zero attached hydrogens (tertiary/aromatic N) is 1. The maximum Gasteiger partial charge on any atom is 0.238 e. The van der Waals surface area contributed by atoms with Crippen molar-refractivity contribution in [3.8, 4) is 0 Å². The van der Waals surface area contributed by atoms with Gasteiger partial charge in [0.05, 0.1) is 6.54 Å². The first-order chi connectivity index (χ1) is 10.8. The molecule has 1 aliphatic heterocycles. The monoisotopic (exact) mass is 296 g/mol. The minimum atomic E-state index is 0.0942. The smallest absolute Gasteiger partial charge is 0.238 e. The molecule has 3 heteroatoms. The number of hydrogen-bond acceptors (Lipinski definition) is 2. The van der Waals surface area contributed by atoms with Crippen LogP contribution in [0.3, 0.4) is 0 Å². The second-order valence-corrected chi connectivity index (χ2v) is 6.10. The van der Waals surface area contributed by atoms with Gasteiger partial charge in [0.15, 0.2) is 0 Å². The lowest BCUT2D eigenvalue weighted by atomic mass is 10.00. The Kier molecular flexibility index (Phi) is 4.74. The van der Waals surface area contributed by atoms with E-state index in [4.69, 9.17) is 0 Å². The number of fused-ring (bicyclic) bond motifs is 1. The summed E-state index contributed by atoms with van der Waals surface area (Å²) in [6.07, 6.45) is 4.84. The summed E-state index contributed by atoms with van der Waals surface area (Å²) in [5.41, 5.74) is 0.910. The highest BCUT2D eigenvalue weighted by atomic mass is 16.2. The molecule has 0 saturated carbocycles. The van der Waals surface area contributed by atoms with Crippen molar-refractivity contribution in [2.24, 2.45) is 0 Å². The molecule has 1 unspecified atom stereocenters. The van der Waals surface area contributed by atoms with Gasteiger partial charge in [0.2, 0.25) is 5.91 Å². The lowest BCUT2D eigenvalue weighted by Gasteiger charge is -2.34. The summed E-state index contributed by atoms with van der Waals surface area (Å²) < 4.78 is 0. The summed E-state index contributed by atoms with van der Waals surface area (Å²) in [6, 6.07) is 14.8. The van der Waals surface area contributed by atoms with E-state index in [1.807, 2.05) is 24.3 Å². The van der Waals surface area contributed by atoms with E-state index in [0.29, 0.717) is 12.6 Å². The number of nitrogens with one attached hydrogen (secondary N) is 1. The van der Waals surface area contributed by atoms with E-state index in [-0.39, 0.29) is 5.91 Å². The Morgan fingerprint density at radius 2 is 2.00 bits per heavy atom. The van der Waals surface area contributed by atoms with Crippen molar-refractivity contribution in [2.45, 2.75) is 38.6 Å². The van der Waals surface area contributed by atoms with Gasteiger partial charge in [-0.15, -0.1) is 0 Å². The number of carbonyl (C=O) groups is 1. The van der Waals surface area contributed by atoms with E-state index in [9.17, 15) is 4.79 Å². The summed E-state index contributed by atoms with van der Waals surface area (Å²) in [7, 11) is 0. The molecule has 1 atom stereocenters. The first-order valence-corrected chi connectivity index (χ1v) is 8.29. The van der Waals surface area contributed by atoms with E-state index < -0.39 is 0 Å². The largest absolute Gasteiger partial charge is 0.324 e. The molecular formula is C19H24N2O. The second-order valence-electron chi connectivity index (χ2n) is 6.10. The summed E-state index contributed by atoms with van der Waals surface area (Å²) in [5, 5.41) is 5.35. The predicted octanol–water partition coefficient (Wildman–Crippen LogP) is 4.04. The summed E-state index contributed by atoms with van der Waals surface area (Å²) >= 11 is 0. The molecule has 0 radical (unpaired) electrons. The maximum absolute atomic E-state index is 12.4. The average Bonchev–Trinajstić information content (AvgIpc) is 2.55. The number of hydrogen-bond donors (Lipinski definition) is 1. The minimum Gasteiger partial charge on any atom is -0.324 e. The van der Waals surface area contributed by atoms with Gasteiger partial charge in [-0.3, -0.25) is 9.69 Å². The lowest BCUT2D eigenvalue weighted by Crippen LogP contribution is -2.43. The summed E-state index contributed by atoms with van der Waals surface area (Å²) in [4.78, 5) is 14.8. The predicted molar refractivity (Wildman–Crippen MR) is 92.1 cm³/mol. The quantitative estimate of drug-likeness (QED) is 0.923. The van der Waals surface area contributed by atoms with Crippen LogP contribution in [0.1, 0.15) is 32.6 Å². The van der Waals surface area contributed by atoms with Gasteiger partial charge in [0.1, 0.15) is 0 Å². The highest BCUT2D eigenvalue weighted by Gasteiger charge is 2.22. The molecule has 3 nitrogen and oxygen atoms in total. The SMILES string of the molecule is CCC1CCCCN1CC(=O)Nc1cccc2ccccc12. The number of piperidine rings is 1. The highest BCUT2D eigenvalue weighted by Crippen LogP contribution is 2.23. The van der Waals surface area contributed by atoms with Crippen LogP contribution in [0.15, 0.2) is 42.5 Å². The third-order valence-electron chi connectivity index (χ3n) is 4.63. The van der Waals surface area contributed by atoms with Crippen LogP contribution >= 0.6 is 0 Å².